The topological polar surface area (TPSA) is 84.5 Å². The molecular weight excluding hydrogens is 376 g/mol. The third-order valence-corrected chi connectivity index (χ3v) is 6.13. The summed E-state index contributed by atoms with van der Waals surface area (Å²) in [7, 11) is -3.61. The SMILES string of the molecule is CCOc1ccc(C(C)NC(=O)c2cccc(S(=O)(=O)NCC3CC3)c2)cc1. The second kappa shape index (κ2) is 8.75. The minimum Gasteiger partial charge on any atom is -0.494 e. The highest BCUT2D eigenvalue weighted by Crippen LogP contribution is 2.28. The number of sulfonamides is 1. The number of amides is 1. The van der Waals surface area contributed by atoms with Gasteiger partial charge in [-0.2, -0.15) is 0 Å². The first kappa shape index (κ1) is 20.4. The Morgan fingerprint density at radius 1 is 1.18 bits per heavy atom. The molecule has 2 aromatic rings. The smallest absolute Gasteiger partial charge is 0.251 e. The third-order valence-electron chi connectivity index (χ3n) is 4.70. The van der Waals surface area contributed by atoms with Gasteiger partial charge in [-0.15, -0.1) is 0 Å². The molecule has 1 aliphatic carbocycles. The van der Waals surface area contributed by atoms with E-state index >= 15 is 0 Å². The maximum Gasteiger partial charge on any atom is 0.251 e. The van der Waals surface area contributed by atoms with Gasteiger partial charge in [-0.25, -0.2) is 13.1 Å². The lowest BCUT2D eigenvalue weighted by Gasteiger charge is -2.15. The molecule has 0 saturated heterocycles. The van der Waals surface area contributed by atoms with E-state index < -0.39 is 10.0 Å². The molecule has 1 amide bonds. The van der Waals surface area contributed by atoms with Gasteiger partial charge in [0.15, 0.2) is 0 Å². The molecule has 3 rings (SSSR count). The first-order valence-electron chi connectivity index (χ1n) is 9.52. The molecule has 0 aliphatic heterocycles. The van der Waals surface area contributed by atoms with Crippen molar-refractivity contribution in [1.82, 2.24) is 10.0 Å². The maximum atomic E-state index is 12.6. The Labute approximate surface area is 166 Å². The highest BCUT2D eigenvalue weighted by Gasteiger charge is 2.24. The minimum atomic E-state index is -3.61. The van der Waals surface area contributed by atoms with Crippen molar-refractivity contribution in [3.05, 3.63) is 59.7 Å². The molecule has 0 aromatic heterocycles. The van der Waals surface area contributed by atoms with Crippen LogP contribution in [0.15, 0.2) is 53.4 Å². The van der Waals surface area contributed by atoms with Crippen LogP contribution < -0.4 is 14.8 Å². The fraction of sp³-hybridized carbons (Fsp3) is 0.381. The van der Waals surface area contributed by atoms with Gasteiger partial charge in [0.25, 0.3) is 5.91 Å². The van der Waals surface area contributed by atoms with E-state index in [1.54, 1.807) is 12.1 Å². The van der Waals surface area contributed by atoms with Crippen molar-refractivity contribution in [2.75, 3.05) is 13.2 Å². The van der Waals surface area contributed by atoms with Crippen molar-refractivity contribution in [3.63, 3.8) is 0 Å². The largest absolute Gasteiger partial charge is 0.494 e. The Morgan fingerprint density at radius 3 is 2.54 bits per heavy atom. The number of carbonyl (C=O) groups is 1. The van der Waals surface area contributed by atoms with Crippen molar-refractivity contribution < 1.29 is 17.9 Å². The number of ether oxygens (including phenoxy) is 1. The summed E-state index contributed by atoms with van der Waals surface area (Å²) in [5.41, 5.74) is 1.25. The zero-order chi connectivity index (χ0) is 20.1. The summed E-state index contributed by atoms with van der Waals surface area (Å²) in [5.74, 6) is 0.901. The van der Waals surface area contributed by atoms with Crippen LogP contribution in [0.25, 0.3) is 0 Å². The molecular formula is C21H26N2O4S. The van der Waals surface area contributed by atoms with E-state index in [2.05, 4.69) is 10.0 Å². The summed E-state index contributed by atoms with van der Waals surface area (Å²) < 4.78 is 32.9. The summed E-state index contributed by atoms with van der Waals surface area (Å²) >= 11 is 0. The number of carbonyl (C=O) groups excluding carboxylic acids is 1. The zero-order valence-electron chi connectivity index (χ0n) is 16.1. The van der Waals surface area contributed by atoms with Crippen LogP contribution in [-0.2, 0) is 10.0 Å². The predicted octanol–water partition coefficient (Wildman–Crippen LogP) is 3.26. The number of benzene rings is 2. The van der Waals surface area contributed by atoms with Crippen LogP contribution in [-0.4, -0.2) is 27.5 Å². The van der Waals surface area contributed by atoms with Crippen LogP contribution in [0.2, 0.25) is 0 Å². The molecule has 1 fully saturated rings. The highest BCUT2D eigenvalue weighted by molar-refractivity contribution is 7.89. The van der Waals surface area contributed by atoms with Crippen molar-refractivity contribution >= 4 is 15.9 Å². The van der Waals surface area contributed by atoms with E-state index in [-0.39, 0.29) is 16.8 Å². The lowest BCUT2D eigenvalue weighted by molar-refractivity contribution is 0.0939. The van der Waals surface area contributed by atoms with E-state index in [1.807, 2.05) is 38.1 Å². The molecule has 1 unspecified atom stereocenters. The molecule has 7 heteroatoms. The van der Waals surface area contributed by atoms with Crippen molar-refractivity contribution in [2.24, 2.45) is 5.92 Å². The first-order chi connectivity index (χ1) is 13.4. The lowest BCUT2D eigenvalue weighted by Crippen LogP contribution is -2.28. The Kier molecular flexibility index (Phi) is 6.36. The number of hydrogen-bond acceptors (Lipinski definition) is 4. The number of rotatable bonds is 9. The summed E-state index contributed by atoms with van der Waals surface area (Å²) in [6.45, 7) is 4.85. The average Bonchev–Trinajstić information content (AvgIpc) is 3.52. The molecule has 1 aliphatic rings. The molecule has 0 spiro atoms. The van der Waals surface area contributed by atoms with Gasteiger partial charge in [-0.3, -0.25) is 4.79 Å². The summed E-state index contributed by atoms with van der Waals surface area (Å²) in [5, 5.41) is 2.91. The summed E-state index contributed by atoms with van der Waals surface area (Å²) in [6, 6.07) is 13.4. The molecule has 2 aromatic carbocycles. The number of nitrogens with one attached hydrogen (secondary N) is 2. The fourth-order valence-corrected chi connectivity index (χ4v) is 3.98. The molecule has 2 N–H and O–H groups in total. The monoisotopic (exact) mass is 402 g/mol. The van der Waals surface area contributed by atoms with E-state index in [0.717, 1.165) is 24.2 Å². The van der Waals surface area contributed by atoms with E-state index in [1.165, 1.54) is 12.1 Å². The average molecular weight is 403 g/mol. The van der Waals surface area contributed by atoms with E-state index in [4.69, 9.17) is 4.74 Å². The predicted molar refractivity (Wildman–Crippen MR) is 108 cm³/mol. The van der Waals surface area contributed by atoms with Gasteiger partial charge in [-0.05, 0) is 68.5 Å². The number of hydrogen-bond donors (Lipinski definition) is 2. The van der Waals surface area contributed by atoms with Gasteiger partial charge >= 0.3 is 0 Å². The van der Waals surface area contributed by atoms with Crippen molar-refractivity contribution in [1.29, 1.82) is 0 Å². The second-order valence-electron chi connectivity index (χ2n) is 7.02. The van der Waals surface area contributed by atoms with Crippen LogP contribution in [0.1, 0.15) is 48.7 Å². The minimum absolute atomic E-state index is 0.106. The van der Waals surface area contributed by atoms with Crippen molar-refractivity contribution in [2.45, 2.75) is 37.6 Å². The molecule has 0 radical (unpaired) electrons. The fourth-order valence-electron chi connectivity index (χ4n) is 2.82. The quantitative estimate of drug-likeness (QED) is 0.674. The van der Waals surface area contributed by atoms with E-state index in [0.29, 0.717) is 24.6 Å². The van der Waals surface area contributed by atoms with Gasteiger partial charge in [0.05, 0.1) is 17.5 Å². The van der Waals surface area contributed by atoms with Crippen LogP contribution in [0, 0.1) is 5.92 Å². The van der Waals surface area contributed by atoms with Crippen LogP contribution >= 0.6 is 0 Å². The van der Waals surface area contributed by atoms with Crippen LogP contribution in [0.3, 0.4) is 0 Å². The van der Waals surface area contributed by atoms with Gasteiger partial charge in [0.2, 0.25) is 10.0 Å². The maximum absolute atomic E-state index is 12.6. The molecule has 1 saturated carbocycles. The van der Waals surface area contributed by atoms with Crippen molar-refractivity contribution in [3.8, 4) is 5.75 Å². The Balaban J connectivity index is 1.66. The van der Waals surface area contributed by atoms with Crippen LogP contribution in [0.4, 0.5) is 0 Å². The molecule has 28 heavy (non-hydrogen) atoms. The van der Waals surface area contributed by atoms with Gasteiger partial charge < -0.3 is 10.1 Å². The molecule has 0 bridgehead atoms. The van der Waals surface area contributed by atoms with E-state index in [9.17, 15) is 13.2 Å². The Bertz CT molecular complexity index is 922. The molecule has 0 heterocycles. The lowest BCUT2D eigenvalue weighted by atomic mass is 10.1. The third kappa shape index (κ3) is 5.33. The zero-order valence-corrected chi connectivity index (χ0v) is 17.0. The first-order valence-corrected chi connectivity index (χ1v) is 11.0. The highest BCUT2D eigenvalue weighted by atomic mass is 32.2. The van der Waals surface area contributed by atoms with Gasteiger partial charge in [-0.1, -0.05) is 18.2 Å². The standard InChI is InChI=1S/C21H26N2O4S/c1-3-27-19-11-9-17(10-12-19)15(2)23-21(24)18-5-4-6-20(13-18)28(25,26)22-14-16-7-8-16/h4-6,9-13,15-16,22H,3,7-8,14H2,1-2H3,(H,23,24). The Morgan fingerprint density at radius 2 is 1.89 bits per heavy atom. The molecule has 6 nitrogen and oxygen atoms in total. The second-order valence-corrected chi connectivity index (χ2v) is 8.79. The van der Waals surface area contributed by atoms with Gasteiger partial charge in [0, 0.05) is 12.1 Å². The van der Waals surface area contributed by atoms with Crippen LogP contribution in [0.5, 0.6) is 5.75 Å². The summed E-state index contributed by atoms with van der Waals surface area (Å²) in [6.07, 6.45) is 2.13. The molecule has 1 atom stereocenters. The molecule has 150 valence electrons. The normalized spacial score (nSPS) is 15.1. The Hall–Kier alpha value is -2.38. The summed E-state index contributed by atoms with van der Waals surface area (Å²) in [4.78, 5) is 12.7. The van der Waals surface area contributed by atoms with Gasteiger partial charge in [0.1, 0.15) is 5.75 Å².